The highest BCUT2D eigenvalue weighted by Gasteiger charge is 2.19. The number of halogens is 1. The summed E-state index contributed by atoms with van der Waals surface area (Å²) in [5.41, 5.74) is 1.55. The number of pyridine rings is 1. The number of esters is 1. The molecule has 0 radical (unpaired) electrons. The molecule has 0 aliphatic rings. The lowest BCUT2D eigenvalue weighted by molar-refractivity contribution is 0.0600. The third-order valence-electron chi connectivity index (χ3n) is 3.69. The quantitative estimate of drug-likeness (QED) is 0.711. The van der Waals surface area contributed by atoms with Crippen LogP contribution in [0, 0.1) is 0 Å². The Bertz CT molecular complexity index is 949. The van der Waals surface area contributed by atoms with Crippen LogP contribution in [0.2, 0.25) is 5.02 Å². The van der Waals surface area contributed by atoms with E-state index >= 15 is 0 Å². The number of carbonyl (C=O) groups is 1. The fourth-order valence-corrected chi connectivity index (χ4v) is 2.64. The van der Waals surface area contributed by atoms with Crippen molar-refractivity contribution in [3.8, 4) is 0 Å². The van der Waals surface area contributed by atoms with E-state index in [0.29, 0.717) is 22.8 Å². The van der Waals surface area contributed by atoms with Gasteiger partial charge in [-0.3, -0.25) is 4.79 Å². The van der Waals surface area contributed by atoms with Crippen molar-refractivity contribution in [2.45, 2.75) is 6.54 Å². The fraction of sp³-hybridized carbons (Fsp3) is 0.111. The molecule has 24 heavy (non-hydrogen) atoms. The van der Waals surface area contributed by atoms with Gasteiger partial charge in [-0.15, -0.1) is 0 Å². The number of ether oxygens (including phenoxy) is 1. The summed E-state index contributed by atoms with van der Waals surface area (Å²) in [6, 6.07) is 14.6. The van der Waals surface area contributed by atoms with Gasteiger partial charge in [-0.2, -0.15) is 0 Å². The van der Waals surface area contributed by atoms with Crippen LogP contribution in [-0.2, 0) is 11.3 Å². The zero-order chi connectivity index (χ0) is 17.1. The number of hydrogen-bond donors (Lipinski definition) is 2. The van der Waals surface area contributed by atoms with E-state index in [2.05, 4.69) is 10.3 Å². The van der Waals surface area contributed by atoms with Gasteiger partial charge >= 0.3 is 5.97 Å². The molecule has 6 heteroatoms. The SMILES string of the molecule is COC(=O)c1c(NCc2ccc(Cl)cc2)c2ccccc2[nH]c1=O. The number of para-hydroxylation sites is 1. The lowest BCUT2D eigenvalue weighted by atomic mass is 10.1. The highest BCUT2D eigenvalue weighted by atomic mass is 35.5. The van der Waals surface area contributed by atoms with Crippen molar-refractivity contribution in [3.05, 3.63) is 75.0 Å². The summed E-state index contributed by atoms with van der Waals surface area (Å²) in [5, 5.41) is 4.57. The van der Waals surface area contributed by atoms with Gasteiger partial charge in [0, 0.05) is 17.0 Å². The van der Waals surface area contributed by atoms with E-state index < -0.39 is 11.5 Å². The zero-order valence-electron chi connectivity index (χ0n) is 12.9. The van der Waals surface area contributed by atoms with Gasteiger partial charge in [0.25, 0.3) is 5.56 Å². The predicted octanol–water partition coefficient (Wildman–Crippen LogP) is 3.58. The highest BCUT2D eigenvalue weighted by Crippen LogP contribution is 2.25. The zero-order valence-corrected chi connectivity index (χ0v) is 13.7. The minimum absolute atomic E-state index is 0.0369. The minimum atomic E-state index is -0.680. The Morgan fingerprint density at radius 1 is 1.17 bits per heavy atom. The first-order valence-electron chi connectivity index (χ1n) is 7.32. The lowest BCUT2D eigenvalue weighted by Crippen LogP contribution is -2.22. The van der Waals surface area contributed by atoms with Gasteiger partial charge in [0.15, 0.2) is 0 Å². The van der Waals surface area contributed by atoms with Gasteiger partial charge in [-0.1, -0.05) is 41.9 Å². The summed E-state index contributed by atoms with van der Waals surface area (Å²) < 4.78 is 4.76. The molecule has 0 bridgehead atoms. The van der Waals surface area contributed by atoms with Crippen LogP contribution in [0.3, 0.4) is 0 Å². The molecule has 122 valence electrons. The standard InChI is InChI=1S/C18H15ClN2O3/c1-24-18(23)15-16(20-10-11-6-8-12(19)9-7-11)13-4-2-3-5-14(13)21-17(15)22/h2-9H,10H2,1H3,(H2,20,21,22). The molecule has 0 aliphatic heterocycles. The van der Waals surface area contributed by atoms with Crippen molar-refractivity contribution >= 4 is 34.2 Å². The Hall–Kier alpha value is -2.79. The number of aromatic nitrogens is 1. The molecular formula is C18H15ClN2O3. The van der Waals surface area contributed by atoms with Crippen molar-refractivity contribution in [1.82, 2.24) is 4.98 Å². The predicted molar refractivity (Wildman–Crippen MR) is 94.7 cm³/mol. The number of carbonyl (C=O) groups excluding carboxylic acids is 1. The molecule has 1 aromatic heterocycles. The molecule has 3 aromatic rings. The van der Waals surface area contributed by atoms with Crippen LogP contribution < -0.4 is 10.9 Å². The minimum Gasteiger partial charge on any atom is -0.465 e. The summed E-state index contributed by atoms with van der Waals surface area (Å²) in [7, 11) is 1.25. The molecular weight excluding hydrogens is 328 g/mol. The maximum atomic E-state index is 12.3. The summed E-state index contributed by atoms with van der Waals surface area (Å²) in [6.07, 6.45) is 0. The van der Waals surface area contributed by atoms with Gasteiger partial charge in [-0.25, -0.2) is 4.79 Å². The molecule has 0 spiro atoms. The third kappa shape index (κ3) is 3.12. The Balaban J connectivity index is 2.07. The van der Waals surface area contributed by atoms with Gasteiger partial charge < -0.3 is 15.0 Å². The second-order valence-electron chi connectivity index (χ2n) is 5.22. The van der Waals surface area contributed by atoms with Crippen molar-refractivity contribution in [1.29, 1.82) is 0 Å². The summed E-state index contributed by atoms with van der Waals surface area (Å²) in [6.45, 7) is 0.439. The second-order valence-corrected chi connectivity index (χ2v) is 5.66. The average molecular weight is 343 g/mol. The van der Waals surface area contributed by atoms with E-state index in [1.165, 1.54) is 7.11 Å². The van der Waals surface area contributed by atoms with Crippen LogP contribution >= 0.6 is 11.6 Å². The number of aromatic amines is 1. The smallest absolute Gasteiger partial charge is 0.345 e. The van der Waals surface area contributed by atoms with Crippen LogP contribution in [0.15, 0.2) is 53.3 Å². The molecule has 2 aromatic carbocycles. The van der Waals surface area contributed by atoms with Crippen molar-refractivity contribution in [2.24, 2.45) is 0 Å². The van der Waals surface area contributed by atoms with Gasteiger partial charge in [-0.05, 0) is 23.8 Å². The van der Waals surface area contributed by atoms with Crippen LogP contribution in [0.5, 0.6) is 0 Å². The molecule has 3 rings (SSSR count). The van der Waals surface area contributed by atoms with E-state index in [9.17, 15) is 9.59 Å². The maximum absolute atomic E-state index is 12.3. The molecule has 1 heterocycles. The van der Waals surface area contributed by atoms with Crippen LogP contribution in [0.1, 0.15) is 15.9 Å². The number of fused-ring (bicyclic) bond motifs is 1. The molecule has 0 fully saturated rings. The molecule has 0 saturated carbocycles. The monoisotopic (exact) mass is 342 g/mol. The Morgan fingerprint density at radius 3 is 2.58 bits per heavy atom. The van der Waals surface area contributed by atoms with Crippen LogP contribution in [0.25, 0.3) is 10.9 Å². The van der Waals surface area contributed by atoms with Gasteiger partial charge in [0.1, 0.15) is 5.56 Å². The normalized spacial score (nSPS) is 10.6. The van der Waals surface area contributed by atoms with E-state index in [1.54, 1.807) is 18.2 Å². The molecule has 0 aliphatic carbocycles. The number of methoxy groups -OCH3 is 1. The molecule has 0 amide bonds. The first-order valence-corrected chi connectivity index (χ1v) is 7.69. The van der Waals surface area contributed by atoms with E-state index in [1.807, 2.05) is 30.3 Å². The first kappa shape index (κ1) is 16.1. The van der Waals surface area contributed by atoms with Crippen molar-refractivity contribution in [3.63, 3.8) is 0 Å². The second kappa shape index (κ2) is 6.76. The Labute approximate surface area is 143 Å². The van der Waals surface area contributed by atoms with Crippen molar-refractivity contribution < 1.29 is 9.53 Å². The number of nitrogens with one attached hydrogen (secondary N) is 2. The number of anilines is 1. The van der Waals surface area contributed by atoms with E-state index in [-0.39, 0.29) is 5.56 Å². The molecule has 0 unspecified atom stereocenters. The molecule has 2 N–H and O–H groups in total. The van der Waals surface area contributed by atoms with Crippen LogP contribution in [0.4, 0.5) is 5.69 Å². The molecule has 0 atom stereocenters. The molecule has 5 nitrogen and oxygen atoms in total. The number of hydrogen-bond acceptors (Lipinski definition) is 4. The summed E-state index contributed by atoms with van der Waals surface area (Å²) in [4.78, 5) is 27.1. The number of benzene rings is 2. The Kier molecular flexibility index (Phi) is 4.53. The van der Waals surface area contributed by atoms with E-state index in [0.717, 1.165) is 10.9 Å². The maximum Gasteiger partial charge on any atom is 0.345 e. The van der Waals surface area contributed by atoms with Crippen molar-refractivity contribution in [2.75, 3.05) is 12.4 Å². The number of rotatable bonds is 4. The largest absolute Gasteiger partial charge is 0.465 e. The highest BCUT2D eigenvalue weighted by molar-refractivity contribution is 6.30. The topological polar surface area (TPSA) is 71.2 Å². The lowest BCUT2D eigenvalue weighted by Gasteiger charge is -2.13. The summed E-state index contributed by atoms with van der Waals surface area (Å²) in [5.74, 6) is -0.680. The number of H-pyrrole nitrogens is 1. The van der Waals surface area contributed by atoms with Crippen LogP contribution in [-0.4, -0.2) is 18.1 Å². The fourth-order valence-electron chi connectivity index (χ4n) is 2.52. The van der Waals surface area contributed by atoms with Gasteiger partial charge in [0.2, 0.25) is 0 Å². The first-order chi connectivity index (χ1) is 11.6. The average Bonchev–Trinajstić information content (AvgIpc) is 2.60. The Morgan fingerprint density at radius 2 is 1.88 bits per heavy atom. The van der Waals surface area contributed by atoms with Gasteiger partial charge in [0.05, 0.1) is 18.3 Å². The summed E-state index contributed by atoms with van der Waals surface area (Å²) >= 11 is 5.89. The van der Waals surface area contributed by atoms with E-state index in [4.69, 9.17) is 16.3 Å². The third-order valence-corrected chi connectivity index (χ3v) is 3.95. The molecule has 0 saturated heterocycles.